The summed E-state index contributed by atoms with van der Waals surface area (Å²) in [5.41, 5.74) is 3.98. The second-order valence-electron chi connectivity index (χ2n) is 5.40. The summed E-state index contributed by atoms with van der Waals surface area (Å²) in [4.78, 5) is 14.9. The van der Waals surface area contributed by atoms with Crippen LogP contribution in [0.15, 0.2) is 33.4 Å². The molecule has 0 spiro atoms. The minimum absolute atomic E-state index is 0.0658. The lowest BCUT2D eigenvalue weighted by molar-refractivity contribution is -0.137. The van der Waals surface area contributed by atoms with Crippen LogP contribution < -0.4 is 11.1 Å². The van der Waals surface area contributed by atoms with Crippen LogP contribution in [0.4, 0.5) is 18.0 Å². The van der Waals surface area contributed by atoms with Gasteiger partial charge < -0.3 is 15.6 Å². The standard InChI is InChI=1S/C14H11BrF3N7O2/c1-6(20-13(19)26)11-21-12(27-23-11)9-5-25(24-22-9)10-3-2-7(15)4-8(10)14(16,17)18/h2-6H,1H3,(H3,19,20,26). The van der Waals surface area contributed by atoms with E-state index >= 15 is 0 Å². The Bertz CT molecular complexity index is 985. The Morgan fingerprint density at radius 2 is 2.15 bits per heavy atom. The molecule has 1 unspecified atom stereocenters. The number of nitrogens with one attached hydrogen (secondary N) is 1. The summed E-state index contributed by atoms with van der Waals surface area (Å²) in [6, 6.07) is 2.25. The maximum Gasteiger partial charge on any atom is 0.418 e. The maximum absolute atomic E-state index is 13.3. The van der Waals surface area contributed by atoms with Gasteiger partial charge in [0, 0.05) is 4.47 Å². The van der Waals surface area contributed by atoms with Gasteiger partial charge in [-0.3, -0.25) is 0 Å². The number of carbonyl (C=O) groups excluding carboxylic acids is 1. The molecule has 1 aromatic carbocycles. The molecule has 0 aliphatic carbocycles. The number of hydrogen-bond acceptors (Lipinski definition) is 6. The van der Waals surface area contributed by atoms with Crippen LogP contribution in [-0.2, 0) is 6.18 Å². The number of nitrogens with zero attached hydrogens (tertiary/aromatic N) is 5. The fourth-order valence-electron chi connectivity index (χ4n) is 2.21. The first kappa shape index (κ1) is 18.8. The van der Waals surface area contributed by atoms with Gasteiger partial charge in [-0.1, -0.05) is 26.3 Å². The Morgan fingerprint density at radius 3 is 2.81 bits per heavy atom. The third-order valence-corrected chi connectivity index (χ3v) is 3.90. The lowest BCUT2D eigenvalue weighted by Gasteiger charge is -2.12. The van der Waals surface area contributed by atoms with E-state index in [1.165, 1.54) is 18.3 Å². The second-order valence-corrected chi connectivity index (χ2v) is 6.31. The Labute approximate surface area is 157 Å². The van der Waals surface area contributed by atoms with Gasteiger partial charge in [-0.2, -0.15) is 18.2 Å². The molecular weight excluding hydrogens is 435 g/mol. The number of hydrogen-bond donors (Lipinski definition) is 2. The molecule has 142 valence electrons. The zero-order valence-corrected chi connectivity index (χ0v) is 15.1. The number of amides is 2. The lowest BCUT2D eigenvalue weighted by atomic mass is 10.1. The monoisotopic (exact) mass is 445 g/mol. The number of aromatic nitrogens is 5. The minimum Gasteiger partial charge on any atom is -0.352 e. The number of primary amides is 1. The molecule has 9 nitrogen and oxygen atoms in total. The van der Waals surface area contributed by atoms with Crippen molar-refractivity contribution in [2.45, 2.75) is 19.1 Å². The first-order valence-electron chi connectivity index (χ1n) is 7.34. The van der Waals surface area contributed by atoms with E-state index in [2.05, 4.69) is 41.7 Å². The van der Waals surface area contributed by atoms with Gasteiger partial charge in [-0.05, 0) is 25.1 Å². The van der Waals surface area contributed by atoms with Crippen molar-refractivity contribution in [2.75, 3.05) is 0 Å². The molecule has 1 atom stereocenters. The summed E-state index contributed by atoms with van der Waals surface area (Å²) in [5.74, 6) is 0.0537. The van der Waals surface area contributed by atoms with Crippen molar-refractivity contribution in [2.24, 2.45) is 5.73 Å². The normalized spacial score (nSPS) is 12.8. The summed E-state index contributed by atoms with van der Waals surface area (Å²) in [6.45, 7) is 1.58. The van der Waals surface area contributed by atoms with E-state index in [9.17, 15) is 18.0 Å². The highest BCUT2D eigenvalue weighted by molar-refractivity contribution is 9.10. The van der Waals surface area contributed by atoms with Gasteiger partial charge in [0.15, 0.2) is 11.5 Å². The van der Waals surface area contributed by atoms with Crippen LogP contribution >= 0.6 is 15.9 Å². The van der Waals surface area contributed by atoms with Crippen molar-refractivity contribution in [3.05, 3.63) is 40.3 Å². The number of urea groups is 1. The number of alkyl halides is 3. The lowest BCUT2D eigenvalue weighted by Crippen LogP contribution is -2.32. The summed E-state index contributed by atoms with van der Waals surface area (Å²) in [6.07, 6.45) is -3.36. The number of halogens is 4. The molecule has 0 saturated heterocycles. The van der Waals surface area contributed by atoms with Crippen molar-refractivity contribution in [1.29, 1.82) is 0 Å². The highest BCUT2D eigenvalue weighted by Crippen LogP contribution is 2.35. The smallest absolute Gasteiger partial charge is 0.352 e. The fraction of sp³-hybridized carbons (Fsp3) is 0.214. The van der Waals surface area contributed by atoms with Crippen LogP contribution in [0.3, 0.4) is 0 Å². The number of benzene rings is 1. The number of carbonyl (C=O) groups is 1. The van der Waals surface area contributed by atoms with E-state index < -0.39 is 23.8 Å². The Morgan fingerprint density at radius 1 is 1.41 bits per heavy atom. The zero-order valence-electron chi connectivity index (χ0n) is 13.5. The van der Waals surface area contributed by atoms with Crippen molar-refractivity contribution in [1.82, 2.24) is 30.5 Å². The molecule has 27 heavy (non-hydrogen) atoms. The third-order valence-electron chi connectivity index (χ3n) is 3.41. The molecule has 0 bridgehead atoms. The minimum atomic E-state index is -4.58. The summed E-state index contributed by atoms with van der Waals surface area (Å²) in [7, 11) is 0. The number of nitrogens with two attached hydrogens (primary N) is 1. The molecule has 3 rings (SSSR count). The van der Waals surface area contributed by atoms with Gasteiger partial charge in [0.25, 0.3) is 5.89 Å². The Hall–Kier alpha value is -2.96. The molecule has 0 fully saturated rings. The van der Waals surface area contributed by atoms with Crippen molar-refractivity contribution in [3.63, 3.8) is 0 Å². The summed E-state index contributed by atoms with van der Waals surface area (Å²) < 4.78 is 46.1. The fourth-order valence-corrected chi connectivity index (χ4v) is 2.57. The largest absolute Gasteiger partial charge is 0.418 e. The van der Waals surface area contributed by atoms with Crippen LogP contribution in [0.1, 0.15) is 24.4 Å². The van der Waals surface area contributed by atoms with E-state index in [1.807, 2.05) is 0 Å². The predicted molar refractivity (Wildman–Crippen MR) is 88.5 cm³/mol. The van der Waals surface area contributed by atoms with Crippen LogP contribution in [-0.4, -0.2) is 31.2 Å². The molecule has 13 heteroatoms. The van der Waals surface area contributed by atoms with Crippen molar-refractivity contribution >= 4 is 22.0 Å². The second kappa shape index (κ2) is 6.98. The van der Waals surface area contributed by atoms with Crippen molar-refractivity contribution < 1.29 is 22.5 Å². The Balaban J connectivity index is 1.93. The molecular formula is C14H11BrF3N7O2. The summed E-state index contributed by atoms with van der Waals surface area (Å²) >= 11 is 3.02. The van der Waals surface area contributed by atoms with Gasteiger partial charge in [-0.25, -0.2) is 9.48 Å². The van der Waals surface area contributed by atoms with Crippen LogP contribution in [0.25, 0.3) is 17.3 Å². The van der Waals surface area contributed by atoms with Gasteiger partial charge in [-0.15, -0.1) is 5.10 Å². The van der Waals surface area contributed by atoms with E-state index in [4.69, 9.17) is 10.3 Å². The van der Waals surface area contributed by atoms with Crippen LogP contribution in [0, 0.1) is 0 Å². The number of rotatable bonds is 4. The first-order chi connectivity index (χ1) is 12.6. The topological polar surface area (TPSA) is 125 Å². The van der Waals surface area contributed by atoms with Gasteiger partial charge in [0.2, 0.25) is 0 Å². The van der Waals surface area contributed by atoms with Gasteiger partial charge in [0.1, 0.15) is 0 Å². The molecule has 0 saturated carbocycles. The van der Waals surface area contributed by atoms with E-state index in [1.54, 1.807) is 6.92 Å². The zero-order chi connectivity index (χ0) is 19.8. The van der Waals surface area contributed by atoms with Crippen LogP contribution in [0.2, 0.25) is 0 Å². The van der Waals surface area contributed by atoms with Gasteiger partial charge >= 0.3 is 12.2 Å². The van der Waals surface area contributed by atoms with Crippen molar-refractivity contribution in [3.8, 4) is 17.3 Å². The molecule has 3 aromatic rings. The molecule has 0 radical (unpaired) electrons. The van der Waals surface area contributed by atoms with E-state index in [-0.39, 0.29) is 27.6 Å². The summed E-state index contributed by atoms with van der Waals surface area (Å²) in [5, 5.41) is 13.5. The van der Waals surface area contributed by atoms with E-state index in [0.29, 0.717) is 0 Å². The van der Waals surface area contributed by atoms with E-state index in [0.717, 1.165) is 10.7 Å². The quantitative estimate of drug-likeness (QED) is 0.635. The van der Waals surface area contributed by atoms with Crippen LogP contribution in [0.5, 0.6) is 0 Å². The molecule has 0 aliphatic heterocycles. The van der Waals surface area contributed by atoms with Gasteiger partial charge in [0.05, 0.1) is 23.5 Å². The molecule has 2 aromatic heterocycles. The first-order valence-corrected chi connectivity index (χ1v) is 8.14. The molecule has 2 amide bonds. The predicted octanol–water partition coefficient (Wildman–Crippen LogP) is 2.83. The third kappa shape index (κ3) is 4.07. The average molecular weight is 446 g/mol. The average Bonchev–Trinajstić information content (AvgIpc) is 3.22. The molecule has 3 N–H and O–H groups in total. The highest BCUT2D eigenvalue weighted by atomic mass is 79.9. The highest BCUT2D eigenvalue weighted by Gasteiger charge is 2.34. The maximum atomic E-state index is 13.3. The SMILES string of the molecule is CC(NC(N)=O)c1noc(-c2cn(-c3ccc(Br)cc3C(F)(F)F)nn2)n1. The molecule has 2 heterocycles. The molecule has 0 aliphatic rings. The Kier molecular flexibility index (Phi) is 4.87.